The highest BCUT2D eigenvalue weighted by molar-refractivity contribution is 6.33. The molecule has 2 aliphatic rings. The van der Waals surface area contributed by atoms with Crippen molar-refractivity contribution in [1.82, 2.24) is 19.9 Å². The van der Waals surface area contributed by atoms with Gasteiger partial charge >= 0.3 is 6.01 Å². The largest absolute Gasteiger partial charge is 0.424 e. The zero-order valence-corrected chi connectivity index (χ0v) is 21.8. The molecule has 0 aliphatic carbocycles. The summed E-state index contributed by atoms with van der Waals surface area (Å²) < 4.78 is 34.0. The summed E-state index contributed by atoms with van der Waals surface area (Å²) in [5.74, 6) is -0.484. The van der Waals surface area contributed by atoms with Crippen LogP contribution in [0.5, 0.6) is 11.8 Å². The molecule has 4 aromatic rings. The Morgan fingerprint density at radius 2 is 1.90 bits per heavy atom. The van der Waals surface area contributed by atoms with Gasteiger partial charge in [-0.3, -0.25) is 9.78 Å². The fourth-order valence-corrected chi connectivity index (χ4v) is 5.75. The number of pyridine rings is 1. The van der Waals surface area contributed by atoms with Crippen LogP contribution in [-0.2, 0) is 4.79 Å². The molecule has 11 heteroatoms. The Morgan fingerprint density at radius 3 is 2.62 bits per heavy atom. The first-order valence-electron chi connectivity index (χ1n) is 12.7. The van der Waals surface area contributed by atoms with Crippen molar-refractivity contribution in [3.05, 3.63) is 65.8 Å². The molecule has 0 radical (unpaired) electrons. The van der Waals surface area contributed by atoms with Gasteiger partial charge in [0, 0.05) is 60.2 Å². The Kier molecular flexibility index (Phi) is 6.64. The van der Waals surface area contributed by atoms with Crippen LogP contribution in [0.1, 0.15) is 19.8 Å². The Hall–Kier alpha value is -4.05. The summed E-state index contributed by atoms with van der Waals surface area (Å²) in [5.41, 5.74) is 3.17. The van der Waals surface area contributed by atoms with Crippen molar-refractivity contribution in [3.8, 4) is 22.9 Å². The van der Waals surface area contributed by atoms with Crippen molar-refractivity contribution in [1.29, 1.82) is 0 Å². The van der Waals surface area contributed by atoms with Crippen molar-refractivity contribution < 1.29 is 18.3 Å². The number of alkyl halides is 1. The molecule has 0 spiro atoms. The van der Waals surface area contributed by atoms with E-state index in [-0.39, 0.29) is 18.2 Å². The summed E-state index contributed by atoms with van der Waals surface area (Å²) >= 11 is 6.61. The van der Waals surface area contributed by atoms with Crippen LogP contribution in [0.15, 0.2) is 55.0 Å². The number of halogens is 3. The molecule has 1 fully saturated rings. The van der Waals surface area contributed by atoms with Crippen LogP contribution in [0.3, 0.4) is 0 Å². The minimum absolute atomic E-state index is 0.0328. The number of rotatable bonds is 5. The lowest BCUT2D eigenvalue weighted by Gasteiger charge is -2.39. The molecule has 2 aromatic carbocycles. The average molecular weight is 551 g/mol. The number of fused-ring (bicyclic) bond motifs is 3. The third-order valence-electron chi connectivity index (χ3n) is 7.28. The highest BCUT2D eigenvalue weighted by Gasteiger charge is 2.36. The number of amides is 1. The molecule has 8 nitrogen and oxygen atoms in total. The molecule has 1 atom stereocenters. The second kappa shape index (κ2) is 10.3. The third kappa shape index (κ3) is 4.69. The van der Waals surface area contributed by atoms with Gasteiger partial charge in [-0.25, -0.2) is 18.7 Å². The quantitative estimate of drug-likeness (QED) is 0.335. The van der Waals surface area contributed by atoms with E-state index in [0.29, 0.717) is 53.3 Å². The van der Waals surface area contributed by atoms with Gasteiger partial charge in [0.05, 0.1) is 34.3 Å². The average Bonchev–Trinajstić information content (AvgIpc) is 3.29. The second-order valence-electron chi connectivity index (χ2n) is 9.62. The summed E-state index contributed by atoms with van der Waals surface area (Å²) in [7, 11) is 0. The van der Waals surface area contributed by atoms with Gasteiger partial charge < -0.3 is 19.9 Å². The Labute approximate surface area is 228 Å². The minimum Gasteiger partial charge on any atom is -0.424 e. The molecule has 200 valence electrons. The Bertz CT molecular complexity index is 1550. The molecule has 2 aromatic heterocycles. The molecule has 1 unspecified atom stereocenters. The maximum atomic E-state index is 15.4. The van der Waals surface area contributed by atoms with Gasteiger partial charge in [-0.05, 0) is 44.0 Å². The Balaban J connectivity index is 1.35. The van der Waals surface area contributed by atoms with Crippen molar-refractivity contribution >= 4 is 39.8 Å². The fourth-order valence-electron chi connectivity index (χ4n) is 5.48. The molecule has 2 aliphatic heterocycles. The SMILES string of the molecule is CC1Nc2cnc3cc(F)c(-c4ccc(Oc5ncccn5)cc4Cl)cc3c2N1C1CCN(C(=O)CF)CC1. The van der Waals surface area contributed by atoms with E-state index < -0.39 is 18.4 Å². The predicted molar refractivity (Wildman–Crippen MR) is 145 cm³/mol. The number of ether oxygens (including phenoxy) is 1. The number of carbonyl (C=O) groups is 1. The van der Waals surface area contributed by atoms with Crippen LogP contribution >= 0.6 is 11.6 Å². The van der Waals surface area contributed by atoms with Crippen LogP contribution < -0.4 is 15.0 Å². The summed E-state index contributed by atoms with van der Waals surface area (Å²) in [6, 6.07) is 10.2. The van der Waals surface area contributed by atoms with Crippen LogP contribution in [0, 0.1) is 5.82 Å². The van der Waals surface area contributed by atoms with Gasteiger partial charge in [0.15, 0.2) is 6.67 Å². The lowest BCUT2D eigenvalue weighted by Crippen LogP contribution is -2.49. The second-order valence-corrected chi connectivity index (χ2v) is 10.0. The predicted octanol–water partition coefficient (Wildman–Crippen LogP) is 5.82. The molecule has 0 bridgehead atoms. The molecule has 1 N–H and O–H groups in total. The van der Waals surface area contributed by atoms with E-state index >= 15 is 4.39 Å². The van der Waals surface area contributed by atoms with Crippen molar-refractivity contribution in [2.75, 3.05) is 30.0 Å². The van der Waals surface area contributed by atoms with E-state index in [0.717, 1.165) is 16.8 Å². The maximum absolute atomic E-state index is 15.4. The first-order chi connectivity index (χ1) is 18.9. The van der Waals surface area contributed by atoms with E-state index in [1.807, 2.05) is 0 Å². The molecular weight excluding hydrogens is 526 g/mol. The fraction of sp³-hybridized carbons (Fsp3) is 0.286. The highest BCUT2D eigenvalue weighted by atomic mass is 35.5. The van der Waals surface area contributed by atoms with E-state index in [1.165, 1.54) is 6.07 Å². The highest BCUT2D eigenvalue weighted by Crippen LogP contribution is 2.45. The number of benzene rings is 2. The molecule has 6 rings (SSSR count). The zero-order chi connectivity index (χ0) is 27.1. The van der Waals surface area contributed by atoms with Crippen LogP contribution in [0.4, 0.5) is 20.2 Å². The summed E-state index contributed by atoms with van der Waals surface area (Å²) in [4.78, 5) is 28.3. The number of carbonyl (C=O) groups excluding carboxylic acids is 1. The number of likely N-dealkylation sites (tertiary alicyclic amines) is 1. The molecule has 0 saturated carbocycles. The van der Waals surface area contributed by atoms with Gasteiger partial charge in [0.1, 0.15) is 11.6 Å². The van der Waals surface area contributed by atoms with Gasteiger partial charge in [-0.1, -0.05) is 11.6 Å². The first-order valence-corrected chi connectivity index (χ1v) is 13.1. The number of aromatic nitrogens is 3. The third-order valence-corrected chi connectivity index (χ3v) is 7.59. The number of anilines is 2. The normalized spacial score (nSPS) is 17.3. The first kappa shape index (κ1) is 25.2. The molecular formula is C28H25ClF2N6O2. The van der Waals surface area contributed by atoms with E-state index in [9.17, 15) is 9.18 Å². The van der Waals surface area contributed by atoms with Gasteiger partial charge in [-0.15, -0.1) is 0 Å². The lowest BCUT2D eigenvalue weighted by molar-refractivity contribution is -0.133. The topological polar surface area (TPSA) is 83.5 Å². The number of nitrogens with zero attached hydrogens (tertiary/aromatic N) is 5. The monoisotopic (exact) mass is 550 g/mol. The van der Waals surface area contributed by atoms with Crippen LogP contribution in [0.2, 0.25) is 5.02 Å². The molecule has 1 amide bonds. The molecule has 4 heterocycles. The number of nitrogens with one attached hydrogen (secondary N) is 1. The van der Waals surface area contributed by atoms with Crippen LogP contribution in [-0.4, -0.2) is 57.7 Å². The zero-order valence-electron chi connectivity index (χ0n) is 21.1. The smallest absolute Gasteiger partial charge is 0.321 e. The maximum Gasteiger partial charge on any atom is 0.321 e. The van der Waals surface area contributed by atoms with E-state index in [1.54, 1.807) is 53.8 Å². The summed E-state index contributed by atoms with van der Waals surface area (Å²) in [5, 5.41) is 4.58. The molecule has 39 heavy (non-hydrogen) atoms. The van der Waals surface area contributed by atoms with Crippen molar-refractivity contribution in [2.45, 2.75) is 32.0 Å². The van der Waals surface area contributed by atoms with Crippen molar-refractivity contribution in [2.24, 2.45) is 0 Å². The minimum atomic E-state index is -0.977. The Morgan fingerprint density at radius 1 is 1.13 bits per heavy atom. The molecule has 1 saturated heterocycles. The van der Waals surface area contributed by atoms with E-state index in [2.05, 4.69) is 32.1 Å². The number of hydrogen-bond donors (Lipinski definition) is 1. The number of hydrogen-bond acceptors (Lipinski definition) is 7. The van der Waals surface area contributed by atoms with Crippen molar-refractivity contribution in [3.63, 3.8) is 0 Å². The van der Waals surface area contributed by atoms with E-state index in [4.69, 9.17) is 16.3 Å². The van der Waals surface area contributed by atoms with Gasteiger partial charge in [0.2, 0.25) is 0 Å². The summed E-state index contributed by atoms with van der Waals surface area (Å²) in [6.45, 7) is 2.07. The number of piperidine rings is 1. The van der Waals surface area contributed by atoms with Crippen LogP contribution in [0.25, 0.3) is 22.0 Å². The standard InChI is InChI=1S/C28H25ClF2N6O2/c1-16-35-25-15-34-24-13-23(31)20(19-4-3-18(11-22(19)29)39-28-32-7-2-8-33-28)12-21(24)27(25)37(16)17-5-9-36(10-6-17)26(38)14-30/h2-4,7-8,11-13,15-17,35H,5-6,9-10,14H2,1H3. The van der Waals surface area contributed by atoms with Gasteiger partial charge in [0.25, 0.3) is 5.91 Å². The lowest BCUT2D eigenvalue weighted by atomic mass is 9.99. The van der Waals surface area contributed by atoms with Gasteiger partial charge in [-0.2, -0.15) is 0 Å². The summed E-state index contributed by atoms with van der Waals surface area (Å²) in [6.07, 6.45) is 6.23.